The molecule has 0 N–H and O–H groups in total. The third kappa shape index (κ3) is 8.19. The molecule has 0 heterocycles. The van der Waals surface area contributed by atoms with Crippen LogP contribution in [0.5, 0.6) is 0 Å². The smallest absolute Gasteiger partial charge is 0.00344 e. The number of rotatable bonds is 11. The SMILES string of the molecule is BrCCCCc1cc(CCCBr)cc(CCCCBr)c1. The molecule has 0 aliphatic carbocycles. The van der Waals surface area contributed by atoms with Gasteiger partial charge < -0.3 is 0 Å². The topological polar surface area (TPSA) is 0 Å². The van der Waals surface area contributed by atoms with Gasteiger partial charge in [-0.25, -0.2) is 0 Å². The molecule has 0 nitrogen and oxygen atoms in total. The summed E-state index contributed by atoms with van der Waals surface area (Å²) in [5.41, 5.74) is 4.59. The van der Waals surface area contributed by atoms with E-state index in [1.54, 1.807) is 0 Å². The molecule has 0 bridgehead atoms. The van der Waals surface area contributed by atoms with E-state index in [2.05, 4.69) is 66.0 Å². The van der Waals surface area contributed by atoms with Gasteiger partial charge in [0.05, 0.1) is 0 Å². The van der Waals surface area contributed by atoms with Crippen LogP contribution >= 0.6 is 47.8 Å². The molecule has 0 radical (unpaired) electrons. The Hall–Kier alpha value is 0.660. The third-order valence-electron chi connectivity index (χ3n) is 3.41. The lowest BCUT2D eigenvalue weighted by Gasteiger charge is -2.10. The number of alkyl halides is 3. The number of benzene rings is 1. The van der Waals surface area contributed by atoms with Gasteiger partial charge in [0, 0.05) is 16.0 Å². The fourth-order valence-corrected chi connectivity index (χ4v) is 3.46. The van der Waals surface area contributed by atoms with E-state index in [0.717, 1.165) is 16.0 Å². The predicted molar refractivity (Wildman–Crippen MR) is 102 cm³/mol. The molecule has 3 heteroatoms. The van der Waals surface area contributed by atoms with Crippen molar-refractivity contribution in [1.82, 2.24) is 0 Å². The van der Waals surface area contributed by atoms with Crippen LogP contribution in [0, 0.1) is 0 Å². The number of unbranched alkanes of at least 4 members (excludes halogenated alkanes) is 2. The van der Waals surface area contributed by atoms with Crippen molar-refractivity contribution in [3.05, 3.63) is 34.9 Å². The molecule has 20 heavy (non-hydrogen) atoms. The quantitative estimate of drug-likeness (QED) is 0.258. The molecular weight excluding hydrogens is 444 g/mol. The van der Waals surface area contributed by atoms with Gasteiger partial charge in [0.1, 0.15) is 0 Å². The molecule has 0 aliphatic heterocycles. The Morgan fingerprint density at radius 2 is 0.850 bits per heavy atom. The Morgan fingerprint density at radius 3 is 1.20 bits per heavy atom. The molecule has 0 aliphatic rings. The van der Waals surface area contributed by atoms with Crippen molar-refractivity contribution in [2.75, 3.05) is 16.0 Å². The molecule has 1 aromatic rings. The third-order valence-corrected chi connectivity index (χ3v) is 5.09. The summed E-state index contributed by atoms with van der Waals surface area (Å²) in [4.78, 5) is 0. The lowest BCUT2D eigenvalue weighted by atomic mass is 9.97. The van der Waals surface area contributed by atoms with E-state index in [-0.39, 0.29) is 0 Å². The highest BCUT2D eigenvalue weighted by Crippen LogP contribution is 2.17. The Bertz CT molecular complexity index is 335. The first kappa shape index (κ1) is 18.7. The molecule has 0 aromatic heterocycles. The molecular formula is C17H25Br3. The largest absolute Gasteiger partial charge is 0.0928 e. The molecule has 0 spiro atoms. The molecule has 0 amide bonds. The standard InChI is InChI=1S/C17H25Br3/c18-9-3-1-6-15-12-16(7-2-4-10-19)14-17(13-15)8-5-11-20/h12-14H,1-11H2. The molecule has 0 saturated heterocycles. The van der Waals surface area contributed by atoms with Crippen molar-refractivity contribution in [2.45, 2.75) is 51.4 Å². The van der Waals surface area contributed by atoms with Crippen LogP contribution in [0.2, 0.25) is 0 Å². The van der Waals surface area contributed by atoms with Crippen molar-refractivity contribution in [3.8, 4) is 0 Å². The van der Waals surface area contributed by atoms with E-state index in [1.807, 2.05) is 0 Å². The van der Waals surface area contributed by atoms with Crippen molar-refractivity contribution >= 4 is 47.8 Å². The maximum absolute atomic E-state index is 3.54. The number of halogens is 3. The Kier molecular flexibility index (Phi) is 11.4. The summed E-state index contributed by atoms with van der Waals surface area (Å²) in [6.45, 7) is 0. The van der Waals surface area contributed by atoms with E-state index in [9.17, 15) is 0 Å². The van der Waals surface area contributed by atoms with Gasteiger partial charge in [0.2, 0.25) is 0 Å². The van der Waals surface area contributed by atoms with E-state index >= 15 is 0 Å². The minimum atomic E-state index is 1.10. The summed E-state index contributed by atoms with van der Waals surface area (Å²) in [6.07, 6.45) is 9.98. The summed E-state index contributed by atoms with van der Waals surface area (Å²) in [7, 11) is 0. The van der Waals surface area contributed by atoms with Crippen LogP contribution in [0.4, 0.5) is 0 Å². The monoisotopic (exact) mass is 466 g/mol. The second-order valence-corrected chi connectivity index (χ2v) is 7.62. The molecule has 0 atom stereocenters. The Labute approximate surface area is 149 Å². The summed E-state index contributed by atoms with van der Waals surface area (Å²) in [5, 5.41) is 3.34. The number of aryl methyl sites for hydroxylation is 3. The van der Waals surface area contributed by atoms with Crippen LogP contribution < -0.4 is 0 Å². The zero-order valence-electron chi connectivity index (χ0n) is 12.1. The normalized spacial score (nSPS) is 10.9. The second-order valence-electron chi connectivity index (χ2n) is 5.24. The lowest BCUT2D eigenvalue weighted by Crippen LogP contribution is -1.96. The van der Waals surface area contributed by atoms with Crippen LogP contribution in [0.25, 0.3) is 0 Å². The highest BCUT2D eigenvalue weighted by Gasteiger charge is 2.02. The van der Waals surface area contributed by atoms with Crippen molar-refractivity contribution in [3.63, 3.8) is 0 Å². The van der Waals surface area contributed by atoms with Gasteiger partial charge in [0.15, 0.2) is 0 Å². The molecule has 0 unspecified atom stereocenters. The van der Waals surface area contributed by atoms with Gasteiger partial charge in [-0.3, -0.25) is 0 Å². The first-order valence-electron chi connectivity index (χ1n) is 7.59. The van der Waals surface area contributed by atoms with Gasteiger partial charge in [-0.2, -0.15) is 0 Å². The van der Waals surface area contributed by atoms with Crippen molar-refractivity contribution in [1.29, 1.82) is 0 Å². The molecule has 114 valence electrons. The van der Waals surface area contributed by atoms with E-state index in [0.29, 0.717) is 0 Å². The van der Waals surface area contributed by atoms with Crippen molar-refractivity contribution in [2.24, 2.45) is 0 Å². The van der Waals surface area contributed by atoms with Crippen LogP contribution in [0.1, 0.15) is 48.8 Å². The highest BCUT2D eigenvalue weighted by molar-refractivity contribution is 9.09. The van der Waals surface area contributed by atoms with E-state index in [4.69, 9.17) is 0 Å². The first-order valence-corrected chi connectivity index (χ1v) is 11.0. The molecule has 0 fully saturated rings. The van der Waals surface area contributed by atoms with Crippen LogP contribution in [-0.2, 0) is 19.3 Å². The molecule has 1 rings (SSSR count). The van der Waals surface area contributed by atoms with Crippen LogP contribution in [0.15, 0.2) is 18.2 Å². The van der Waals surface area contributed by atoms with Gasteiger partial charge >= 0.3 is 0 Å². The predicted octanol–water partition coefficient (Wildman–Crippen LogP) is 6.45. The van der Waals surface area contributed by atoms with Gasteiger partial charge in [-0.05, 0) is 68.1 Å². The number of hydrogen-bond acceptors (Lipinski definition) is 0. The maximum Gasteiger partial charge on any atom is 0.00344 e. The van der Waals surface area contributed by atoms with E-state index in [1.165, 1.54) is 68.1 Å². The average Bonchev–Trinajstić information content (AvgIpc) is 2.46. The second kappa shape index (κ2) is 12.2. The summed E-state index contributed by atoms with van der Waals surface area (Å²) in [5.74, 6) is 0. The minimum absolute atomic E-state index is 1.10. The first-order chi connectivity index (χ1) is 9.80. The van der Waals surface area contributed by atoms with E-state index < -0.39 is 0 Å². The van der Waals surface area contributed by atoms with Gasteiger partial charge in [0.25, 0.3) is 0 Å². The zero-order chi connectivity index (χ0) is 14.6. The summed E-state index contributed by atoms with van der Waals surface area (Å²) in [6, 6.07) is 7.27. The Balaban J connectivity index is 2.67. The average molecular weight is 469 g/mol. The number of hydrogen-bond donors (Lipinski definition) is 0. The summed E-state index contributed by atoms with van der Waals surface area (Å²) < 4.78 is 0. The lowest BCUT2D eigenvalue weighted by molar-refractivity contribution is 0.786. The summed E-state index contributed by atoms with van der Waals surface area (Å²) >= 11 is 10.6. The molecule has 0 saturated carbocycles. The maximum atomic E-state index is 3.54. The fourth-order valence-electron chi connectivity index (χ4n) is 2.39. The minimum Gasteiger partial charge on any atom is -0.0928 e. The van der Waals surface area contributed by atoms with Gasteiger partial charge in [-0.1, -0.05) is 66.0 Å². The van der Waals surface area contributed by atoms with Crippen LogP contribution in [0.3, 0.4) is 0 Å². The zero-order valence-corrected chi connectivity index (χ0v) is 16.9. The Morgan fingerprint density at radius 1 is 0.500 bits per heavy atom. The van der Waals surface area contributed by atoms with Gasteiger partial charge in [-0.15, -0.1) is 0 Å². The fraction of sp³-hybridized carbons (Fsp3) is 0.647. The molecule has 1 aromatic carbocycles. The van der Waals surface area contributed by atoms with Crippen molar-refractivity contribution < 1.29 is 0 Å². The highest BCUT2D eigenvalue weighted by atomic mass is 79.9. The van der Waals surface area contributed by atoms with Crippen LogP contribution in [-0.4, -0.2) is 16.0 Å².